The van der Waals surface area contributed by atoms with Crippen LogP contribution < -0.4 is 9.47 Å². The van der Waals surface area contributed by atoms with Gasteiger partial charge in [0.1, 0.15) is 17.2 Å². The van der Waals surface area contributed by atoms with Gasteiger partial charge in [-0.15, -0.1) is 0 Å². The van der Waals surface area contributed by atoms with Gasteiger partial charge in [-0.25, -0.2) is 4.68 Å². The average molecular weight is 460 g/mol. The first kappa shape index (κ1) is 23.2. The van der Waals surface area contributed by atoms with E-state index in [0.717, 1.165) is 16.8 Å². The van der Waals surface area contributed by atoms with E-state index in [4.69, 9.17) is 19.0 Å². The van der Waals surface area contributed by atoms with Gasteiger partial charge in [-0.1, -0.05) is 50.2 Å². The van der Waals surface area contributed by atoms with Gasteiger partial charge >= 0.3 is 0 Å². The first-order valence-corrected chi connectivity index (χ1v) is 11.2. The number of hydrogen-bond donors (Lipinski definition) is 0. The molecule has 4 rings (SSSR count). The lowest BCUT2D eigenvalue weighted by Crippen LogP contribution is -2.33. The van der Waals surface area contributed by atoms with E-state index in [9.17, 15) is 4.79 Å². The quantitative estimate of drug-likeness (QED) is 0.317. The lowest BCUT2D eigenvalue weighted by atomic mass is 10.1. The van der Waals surface area contributed by atoms with E-state index in [1.165, 1.54) is 6.26 Å². The van der Waals surface area contributed by atoms with Crippen molar-refractivity contribution >= 4 is 5.91 Å². The molecule has 2 heterocycles. The average Bonchev–Trinajstić information content (AvgIpc) is 3.48. The Morgan fingerprint density at radius 3 is 2.50 bits per heavy atom. The highest BCUT2D eigenvalue weighted by Crippen LogP contribution is 2.35. The van der Waals surface area contributed by atoms with Crippen LogP contribution in [0, 0.1) is 5.92 Å². The zero-order valence-corrected chi connectivity index (χ0v) is 19.9. The minimum atomic E-state index is -0.172. The lowest BCUT2D eigenvalue weighted by molar-refractivity contribution is 0.0689. The molecule has 0 unspecified atom stereocenters. The summed E-state index contributed by atoms with van der Waals surface area (Å²) in [6.07, 6.45) is 1.51. The predicted octanol–water partition coefficient (Wildman–Crippen LogP) is 5.78. The van der Waals surface area contributed by atoms with Crippen molar-refractivity contribution in [3.05, 3.63) is 84.3 Å². The van der Waals surface area contributed by atoms with Crippen LogP contribution in [0.1, 0.15) is 30.0 Å². The van der Waals surface area contributed by atoms with Crippen molar-refractivity contribution in [1.82, 2.24) is 14.7 Å². The molecule has 7 heteroatoms. The molecule has 0 aliphatic rings. The van der Waals surface area contributed by atoms with Gasteiger partial charge in [-0.2, -0.15) is 5.10 Å². The Bertz CT molecular complexity index is 1230. The van der Waals surface area contributed by atoms with Gasteiger partial charge in [0.05, 0.1) is 25.5 Å². The molecule has 34 heavy (non-hydrogen) atoms. The molecule has 0 atom stereocenters. The number of carbonyl (C=O) groups is 1. The molecular weight excluding hydrogens is 430 g/mol. The Morgan fingerprint density at radius 1 is 1.06 bits per heavy atom. The number of ether oxygens (including phenoxy) is 2. The van der Waals surface area contributed by atoms with Gasteiger partial charge in [-0.3, -0.25) is 4.79 Å². The molecule has 7 nitrogen and oxygen atoms in total. The number of nitrogens with zero attached hydrogens (tertiary/aromatic N) is 3. The maximum absolute atomic E-state index is 13.3. The zero-order chi connectivity index (χ0) is 24.1. The van der Waals surface area contributed by atoms with Crippen molar-refractivity contribution in [3.8, 4) is 28.6 Å². The predicted molar refractivity (Wildman–Crippen MR) is 130 cm³/mol. The normalized spacial score (nSPS) is 11.0. The number of hydrogen-bond acceptors (Lipinski definition) is 5. The summed E-state index contributed by atoms with van der Waals surface area (Å²) in [4.78, 5) is 15.1. The maximum atomic E-state index is 13.3. The number of aromatic nitrogens is 2. The lowest BCUT2D eigenvalue weighted by Gasteiger charge is -2.24. The van der Waals surface area contributed by atoms with Crippen molar-refractivity contribution in [2.45, 2.75) is 20.4 Å². The largest absolute Gasteiger partial charge is 0.497 e. The molecule has 0 aliphatic carbocycles. The van der Waals surface area contributed by atoms with Crippen molar-refractivity contribution < 1.29 is 18.7 Å². The molecule has 0 spiro atoms. The van der Waals surface area contributed by atoms with E-state index >= 15 is 0 Å². The van der Waals surface area contributed by atoms with E-state index < -0.39 is 0 Å². The summed E-state index contributed by atoms with van der Waals surface area (Å²) in [5.41, 5.74) is 2.53. The molecule has 0 aliphatic heterocycles. The number of aryl methyl sites for hydroxylation is 1. The summed E-state index contributed by atoms with van der Waals surface area (Å²) in [6, 6.07) is 20.7. The molecule has 0 fully saturated rings. The molecule has 1 amide bonds. The number of rotatable bonds is 9. The summed E-state index contributed by atoms with van der Waals surface area (Å²) in [7, 11) is 3.46. The molecule has 2 aromatic heterocycles. The van der Waals surface area contributed by atoms with Crippen molar-refractivity contribution in [2.24, 2.45) is 13.0 Å². The summed E-state index contributed by atoms with van der Waals surface area (Å²) < 4.78 is 18.8. The van der Waals surface area contributed by atoms with Crippen LogP contribution >= 0.6 is 0 Å². The second-order valence-electron chi connectivity index (χ2n) is 8.46. The standard InChI is InChI=1S/C27H29N3O4/c1-19(2)17-30(26(31)24-14-9-15-33-24)18-23-25(20-10-6-5-7-11-20)28-29(3)27(23)34-22-13-8-12-21(16-22)32-4/h5-16,19H,17-18H2,1-4H3. The van der Waals surface area contributed by atoms with E-state index in [1.807, 2.05) is 61.6 Å². The fourth-order valence-electron chi connectivity index (χ4n) is 3.83. The molecule has 176 valence electrons. The van der Waals surface area contributed by atoms with Crippen LogP contribution in [0.5, 0.6) is 17.4 Å². The Labute approximate surface area is 199 Å². The topological polar surface area (TPSA) is 69.7 Å². The number of carbonyl (C=O) groups excluding carboxylic acids is 1. The Morgan fingerprint density at radius 2 is 1.82 bits per heavy atom. The Balaban J connectivity index is 1.78. The Kier molecular flexibility index (Phi) is 7.01. The highest BCUT2D eigenvalue weighted by molar-refractivity contribution is 5.91. The van der Waals surface area contributed by atoms with Crippen molar-refractivity contribution in [2.75, 3.05) is 13.7 Å². The highest BCUT2D eigenvalue weighted by atomic mass is 16.5. The fourth-order valence-corrected chi connectivity index (χ4v) is 3.83. The Hall–Kier alpha value is -4.00. The van der Waals surface area contributed by atoms with Crippen LogP contribution in [0.15, 0.2) is 77.4 Å². The third-order valence-corrected chi connectivity index (χ3v) is 5.34. The number of methoxy groups -OCH3 is 1. The minimum Gasteiger partial charge on any atom is -0.497 e. The van der Waals surface area contributed by atoms with Gasteiger partial charge in [0.15, 0.2) is 5.76 Å². The van der Waals surface area contributed by atoms with Crippen molar-refractivity contribution in [3.63, 3.8) is 0 Å². The van der Waals surface area contributed by atoms with Gasteiger partial charge in [-0.05, 0) is 30.2 Å². The second-order valence-corrected chi connectivity index (χ2v) is 8.46. The molecule has 2 aromatic carbocycles. The van der Waals surface area contributed by atoms with Crippen LogP contribution in [0.2, 0.25) is 0 Å². The molecule has 0 saturated heterocycles. The first-order chi connectivity index (χ1) is 16.5. The van der Waals surface area contributed by atoms with Gasteiger partial charge in [0.2, 0.25) is 5.88 Å². The minimum absolute atomic E-state index is 0.172. The van der Waals surface area contributed by atoms with Crippen LogP contribution in [0.4, 0.5) is 0 Å². The van der Waals surface area contributed by atoms with Crippen molar-refractivity contribution in [1.29, 1.82) is 0 Å². The van der Waals surface area contributed by atoms with Gasteiger partial charge < -0.3 is 18.8 Å². The van der Waals surface area contributed by atoms with Crippen LogP contribution in [0.25, 0.3) is 11.3 Å². The number of amides is 1. The van der Waals surface area contributed by atoms with Crippen LogP contribution in [0.3, 0.4) is 0 Å². The molecular formula is C27H29N3O4. The fraction of sp³-hybridized carbons (Fsp3) is 0.259. The summed E-state index contributed by atoms with van der Waals surface area (Å²) >= 11 is 0. The number of benzene rings is 2. The third-order valence-electron chi connectivity index (χ3n) is 5.34. The van der Waals surface area contributed by atoms with E-state index in [-0.39, 0.29) is 11.8 Å². The van der Waals surface area contributed by atoms with E-state index in [1.54, 1.807) is 28.8 Å². The van der Waals surface area contributed by atoms with Gasteiger partial charge in [0, 0.05) is 25.2 Å². The van der Waals surface area contributed by atoms with E-state index in [2.05, 4.69) is 13.8 Å². The molecule has 0 bridgehead atoms. The molecule has 0 N–H and O–H groups in total. The van der Waals surface area contributed by atoms with Crippen LogP contribution in [-0.4, -0.2) is 34.2 Å². The first-order valence-electron chi connectivity index (χ1n) is 11.2. The monoisotopic (exact) mass is 459 g/mol. The second kappa shape index (κ2) is 10.3. The van der Waals surface area contributed by atoms with Gasteiger partial charge in [0.25, 0.3) is 5.91 Å². The summed E-state index contributed by atoms with van der Waals surface area (Å²) in [5, 5.41) is 4.77. The maximum Gasteiger partial charge on any atom is 0.289 e. The number of furan rings is 1. The van der Waals surface area contributed by atoms with E-state index in [0.29, 0.717) is 36.2 Å². The summed E-state index contributed by atoms with van der Waals surface area (Å²) in [6.45, 7) is 5.03. The molecule has 4 aromatic rings. The SMILES string of the molecule is COc1cccc(Oc2c(CN(CC(C)C)C(=O)c3ccco3)c(-c3ccccc3)nn2C)c1. The smallest absolute Gasteiger partial charge is 0.289 e. The van der Waals surface area contributed by atoms with Crippen LogP contribution in [-0.2, 0) is 13.6 Å². The molecule has 0 radical (unpaired) electrons. The third kappa shape index (κ3) is 5.14. The zero-order valence-electron chi connectivity index (χ0n) is 19.9. The molecule has 0 saturated carbocycles. The highest BCUT2D eigenvalue weighted by Gasteiger charge is 2.26. The summed E-state index contributed by atoms with van der Waals surface area (Å²) in [5.74, 6) is 2.27.